The third-order valence-corrected chi connectivity index (χ3v) is 6.08. The Hall–Kier alpha value is -1.15. The van der Waals surface area contributed by atoms with E-state index in [0.717, 1.165) is 82.4 Å². The molecule has 0 unspecified atom stereocenters. The van der Waals surface area contributed by atoms with Crippen molar-refractivity contribution in [3.8, 4) is 0 Å². The zero-order valence-electron chi connectivity index (χ0n) is 16.2. The number of ether oxygens (including phenoxy) is 2. The second kappa shape index (κ2) is 10.4. The number of hydrogen-bond acceptors (Lipinski definition) is 4. The minimum absolute atomic E-state index is 0.0841. The minimum atomic E-state index is 0.0841. The predicted octanol–water partition coefficient (Wildman–Crippen LogP) is 1.99. The predicted molar refractivity (Wildman–Crippen MR) is 112 cm³/mol. The summed E-state index contributed by atoms with van der Waals surface area (Å²) < 4.78 is 12.2. The molecule has 7 heteroatoms. The molecule has 2 fully saturated rings. The Morgan fingerprint density at radius 2 is 1.74 bits per heavy atom. The highest BCUT2D eigenvalue weighted by Crippen LogP contribution is 2.34. The van der Waals surface area contributed by atoms with Crippen molar-refractivity contribution >= 4 is 21.9 Å². The Morgan fingerprint density at radius 3 is 2.41 bits per heavy atom. The van der Waals surface area contributed by atoms with Crippen LogP contribution in [0, 0.1) is 0 Å². The Bertz CT molecular complexity index is 597. The summed E-state index contributed by atoms with van der Waals surface area (Å²) in [4.78, 5) is 6.83. The Labute approximate surface area is 170 Å². The van der Waals surface area contributed by atoms with Crippen molar-refractivity contribution in [2.24, 2.45) is 4.99 Å². The number of nitrogens with one attached hydrogen (secondary N) is 2. The smallest absolute Gasteiger partial charge is 0.191 e. The third kappa shape index (κ3) is 5.91. The van der Waals surface area contributed by atoms with Crippen LogP contribution in [-0.4, -0.2) is 77.1 Å². The largest absolute Gasteiger partial charge is 0.381 e. The molecule has 0 radical (unpaired) electrons. The van der Waals surface area contributed by atoms with Crippen LogP contribution in [0.25, 0.3) is 0 Å². The van der Waals surface area contributed by atoms with Crippen LogP contribution in [0.4, 0.5) is 0 Å². The summed E-state index contributed by atoms with van der Waals surface area (Å²) in [6, 6.07) is 8.71. The Kier molecular flexibility index (Phi) is 7.93. The van der Waals surface area contributed by atoms with Gasteiger partial charge in [0.15, 0.2) is 5.96 Å². The monoisotopic (exact) mass is 438 g/mol. The summed E-state index contributed by atoms with van der Waals surface area (Å²) in [5.74, 6) is 0.867. The minimum Gasteiger partial charge on any atom is -0.381 e. The molecule has 6 nitrogen and oxygen atoms in total. The van der Waals surface area contributed by atoms with Crippen LogP contribution in [0.2, 0.25) is 0 Å². The fourth-order valence-corrected chi connectivity index (χ4v) is 4.03. The first-order valence-corrected chi connectivity index (χ1v) is 10.6. The van der Waals surface area contributed by atoms with E-state index in [1.54, 1.807) is 0 Å². The van der Waals surface area contributed by atoms with Gasteiger partial charge in [0.25, 0.3) is 0 Å². The first-order valence-electron chi connectivity index (χ1n) is 9.80. The van der Waals surface area contributed by atoms with Crippen LogP contribution in [0.15, 0.2) is 33.7 Å². The quantitative estimate of drug-likeness (QED) is 0.525. The summed E-state index contributed by atoms with van der Waals surface area (Å²) in [7, 11) is 1.83. The first-order chi connectivity index (χ1) is 13.2. The maximum absolute atomic E-state index is 5.64. The van der Waals surface area contributed by atoms with Gasteiger partial charge in [0.2, 0.25) is 0 Å². The third-order valence-electron chi connectivity index (χ3n) is 5.55. The Balaban J connectivity index is 1.54. The van der Waals surface area contributed by atoms with E-state index < -0.39 is 0 Å². The second-order valence-corrected chi connectivity index (χ2v) is 8.12. The van der Waals surface area contributed by atoms with Crippen molar-refractivity contribution in [2.75, 3.05) is 66.2 Å². The average Bonchev–Trinajstić information content (AvgIpc) is 2.72. The van der Waals surface area contributed by atoms with Crippen LogP contribution in [-0.2, 0) is 14.9 Å². The summed E-state index contributed by atoms with van der Waals surface area (Å²) >= 11 is 3.54. The Morgan fingerprint density at radius 1 is 1.07 bits per heavy atom. The van der Waals surface area contributed by atoms with Gasteiger partial charge in [-0.1, -0.05) is 28.1 Å². The molecule has 2 aliphatic rings. The van der Waals surface area contributed by atoms with Gasteiger partial charge < -0.3 is 20.1 Å². The normalized spacial score (nSPS) is 21.0. The molecule has 0 aromatic heterocycles. The van der Waals surface area contributed by atoms with Gasteiger partial charge in [-0.05, 0) is 30.5 Å². The standard InChI is InChI=1S/C20H31BrN4O2/c1-22-19(23-8-9-25-10-14-27-15-11-25)24-16-20(6-12-26-13-7-20)17-2-4-18(21)5-3-17/h2-5H,6-16H2,1H3,(H2,22,23,24). The molecule has 3 rings (SSSR count). The summed E-state index contributed by atoms with van der Waals surface area (Å²) in [6.45, 7) is 8.07. The molecule has 2 heterocycles. The average molecular weight is 439 g/mol. The van der Waals surface area contributed by atoms with E-state index in [4.69, 9.17) is 9.47 Å². The van der Waals surface area contributed by atoms with E-state index in [2.05, 4.69) is 60.7 Å². The molecular weight excluding hydrogens is 408 g/mol. The fraction of sp³-hybridized carbons (Fsp3) is 0.650. The van der Waals surface area contributed by atoms with E-state index in [0.29, 0.717) is 0 Å². The van der Waals surface area contributed by atoms with Crippen molar-refractivity contribution in [2.45, 2.75) is 18.3 Å². The van der Waals surface area contributed by atoms with Crippen molar-refractivity contribution in [1.29, 1.82) is 0 Å². The molecule has 2 saturated heterocycles. The lowest BCUT2D eigenvalue weighted by Crippen LogP contribution is -2.49. The van der Waals surface area contributed by atoms with Gasteiger partial charge in [0.05, 0.1) is 13.2 Å². The van der Waals surface area contributed by atoms with Gasteiger partial charge in [-0.15, -0.1) is 0 Å². The molecule has 150 valence electrons. The van der Waals surface area contributed by atoms with Gasteiger partial charge in [0.1, 0.15) is 0 Å². The number of rotatable bonds is 6. The van der Waals surface area contributed by atoms with Crippen molar-refractivity contribution in [1.82, 2.24) is 15.5 Å². The van der Waals surface area contributed by atoms with E-state index in [1.807, 2.05) is 7.05 Å². The molecule has 1 aromatic carbocycles. The van der Waals surface area contributed by atoms with E-state index in [-0.39, 0.29) is 5.41 Å². The zero-order chi connectivity index (χ0) is 19.0. The molecular formula is C20H31BrN4O2. The van der Waals surface area contributed by atoms with Crippen LogP contribution in [0.5, 0.6) is 0 Å². The van der Waals surface area contributed by atoms with E-state index in [1.165, 1.54) is 5.56 Å². The topological polar surface area (TPSA) is 58.1 Å². The number of aliphatic imine (C=N–C) groups is 1. The molecule has 1 aromatic rings. The molecule has 0 saturated carbocycles. The van der Waals surface area contributed by atoms with E-state index in [9.17, 15) is 0 Å². The van der Waals surface area contributed by atoms with Crippen LogP contribution >= 0.6 is 15.9 Å². The highest BCUT2D eigenvalue weighted by Gasteiger charge is 2.34. The lowest BCUT2D eigenvalue weighted by Gasteiger charge is -2.38. The molecule has 0 aliphatic carbocycles. The number of hydrogen-bond donors (Lipinski definition) is 2. The van der Waals surface area contributed by atoms with E-state index >= 15 is 0 Å². The van der Waals surface area contributed by atoms with Gasteiger partial charge in [0, 0.05) is 62.9 Å². The molecule has 2 N–H and O–H groups in total. The number of nitrogens with zero attached hydrogens (tertiary/aromatic N) is 2. The molecule has 0 amide bonds. The number of guanidine groups is 1. The van der Waals surface area contributed by atoms with Crippen LogP contribution in [0.3, 0.4) is 0 Å². The lowest BCUT2D eigenvalue weighted by atomic mass is 9.74. The summed E-state index contributed by atoms with van der Waals surface area (Å²) in [5.41, 5.74) is 1.45. The van der Waals surface area contributed by atoms with Crippen molar-refractivity contribution in [3.05, 3.63) is 34.3 Å². The van der Waals surface area contributed by atoms with Crippen molar-refractivity contribution < 1.29 is 9.47 Å². The number of morpholine rings is 1. The molecule has 0 spiro atoms. The summed E-state index contributed by atoms with van der Waals surface area (Å²) in [6.07, 6.45) is 2.04. The number of halogens is 1. The molecule has 27 heavy (non-hydrogen) atoms. The van der Waals surface area contributed by atoms with Gasteiger partial charge >= 0.3 is 0 Å². The highest BCUT2D eigenvalue weighted by atomic mass is 79.9. The van der Waals surface area contributed by atoms with Crippen LogP contribution in [0.1, 0.15) is 18.4 Å². The zero-order valence-corrected chi connectivity index (χ0v) is 17.8. The van der Waals surface area contributed by atoms with Gasteiger partial charge in [-0.3, -0.25) is 9.89 Å². The first kappa shape index (κ1) is 20.6. The molecule has 0 atom stereocenters. The molecule has 2 aliphatic heterocycles. The molecule has 0 bridgehead atoms. The second-order valence-electron chi connectivity index (χ2n) is 7.21. The maximum Gasteiger partial charge on any atom is 0.191 e. The SMILES string of the molecule is CN=C(NCCN1CCOCC1)NCC1(c2ccc(Br)cc2)CCOCC1. The maximum atomic E-state index is 5.64. The fourth-order valence-electron chi connectivity index (χ4n) is 3.76. The van der Waals surface area contributed by atoms with Crippen LogP contribution < -0.4 is 10.6 Å². The highest BCUT2D eigenvalue weighted by molar-refractivity contribution is 9.10. The van der Waals surface area contributed by atoms with Gasteiger partial charge in [-0.2, -0.15) is 0 Å². The van der Waals surface area contributed by atoms with Crippen molar-refractivity contribution in [3.63, 3.8) is 0 Å². The number of benzene rings is 1. The summed E-state index contributed by atoms with van der Waals surface area (Å²) in [5, 5.41) is 7.01. The van der Waals surface area contributed by atoms with Gasteiger partial charge in [-0.25, -0.2) is 0 Å². The lowest BCUT2D eigenvalue weighted by molar-refractivity contribution is 0.0388.